The first-order valence-corrected chi connectivity index (χ1v) is 9.63. The van der Waals surface area contributed by atoms with E-state index in [0.717, 1.165) is 22.9 Å². The minimum absolute atomic E-state index is 0.0420. The van der Waals surface area contributed by atoms with Gasteiger partial charge in [0.05, 0.1) is 5.56 Å². The van der Waals surface area contributed by atoms with E-state index in [-0.39, 0.29) is 11.5 Å². The highest BCUT2D eigenvalue weighted by atomic mass is 16.4. The highest BCUT2D eigenvalue weighted by Gasteiger charge is 2.16. The molecule has 3 aromatic carbocycles. The Morgan fingerprint density at radius 2 is 1.87 bits per heavy atom. The van der Waals surface area contributed by atoms with E-state index in [2.05, 4.69) is 17.2 Å². The van der Waals surface area contributed by atoms with E-state index in [9.17, 15) is 9.90 Å². The number of nitrogens with one attached hydrogen (secondary N) is 1. The zero-order valence-electron chi connectivity index (χ0n) is 16.2. The number of rotatable bonds is 4. The molecular weight excluding hydrogens is 380 g/mol. The van der Waals surface area contributed by atoms with E-state index in [1.165, 1.54) is 6.07 Å². The van der Waals surface area contributed by atoms with Gasteiger partial charge in [0.25, 0.3) is 5.91 Å². The second kappa shape index (κ2) is 7.08. The fraction of sp³-hybridized carbons (Fsp3) is 0.0833. The number of para-hydroxylation sites is 1. The van der Waals surface area contributed by atoms with Crippen LogP contribution in [0.1, 0.15) is 23.0 Å². The van der Waals surface area contributed by atoms with Gasteiger partial charge in [-0.3, -0.25) is 4.79 Å². The molecule has 2 aromatic heterocycles. The number of amides is 1. The Hall–Kier alpha value is -4.06. The molecule has 30 heavy (non-hydrogen) atoms. The van der Waals surface area contributed by atoms with Crippen LogP contribution in [-0.4, -0.2) is 16.0 Å². The smallest absolute Gasteiger partial charge is 0.291 e. The Kier molecular flexibility index (Phi) is 4.25. The number of fused-ring (bicyclic) bond motifs is 2. The molecule has 148 valence electrons. The van der Waals surface area contributed by atoms with Gasteiger partial charge in [-0.05, 0) is 48.4 Å². The Balaban J connectivity index is 1.41. The summed E-state index contributed by atoms with van der Waals surface area (Å²) >= 11 is 0. The van der Waals surface area contributed by atoms with Gasteiger partial charge in [-0.25, -0.2) is 4.98 Å². The van der Waals surface area contributed by atoms with Crippen LogP contribution >= 0.6 is 0 Å². The number of furan rings is 1. The molecule has 5 aromatic rings. The molecule has 0 unspecified atom stereocenters. The maximum Gasteiger partial charge on any atom is 0.291 e. The van der Waals surface area contributed by atoms with Gasteiger partial charge in [0, 0.05) is 17.1 Å². The molecule has 0 aliphatic rings. The maximum absolute atomic E-state index is 12.5. The first-order chi connectivity index (χ1) is 14.6. The highest BCUT2D eigenvalue weighted by molar-refractivity contribution is 6.04. The van der Waals surface area contributed by atoms with Crippen molar-refractivity contribution in [3.8, 4) is 17.2 Å². The summed E-state index contributed by atoms with van der Waals surface area (Å²) in [6.07, 6.45) is 0.906. The van der Waals surface area contributed by atoms with E-state index in [1.807, 2.05) is 36.4 Å². The Labute approximate surface area is 171 Å². The van der Waals surface area contributed by atoms with E-state index in [4.69, 9.17) is 8.83 Å². The largest absolute Gasteiger partial charge is 0.507 e. The molecular formula is C24H18N2O4. The molecule has 6 heteroatoms. The number of nitrogens with zero attached hydrogens (tertiary/aromatic N) is 1. The van der Waals surface area contributed by atoms with Crippen LogP contribution in [0, 0.1) is 0 Å². The summed E-state index contributed by atoms with van der Waals surface area (Å²) in [6.45, 7) is 2.08. The van der Waals surface area contributed by atoms with E-state index < -0.39 is 5.91 Å². The van der Waals surface area contributed by atoms with Gasteiger partial charge < -0.3 is 19.3 Å². The van der Waals surface area contributed by atoms with Crippen molar-refractivity contribution in [2.75, 3.05) is 5.32 Å². The third-order valence-electron chi connectivity index (χ3n) is 5.00. The lowest BCUT2D eigenvalue weighted by molar-refractivity contribution is 0.0998. The van der Waals surface area contributed by atoms with Crippen LogP contribution in [0.15, 0.2) is 75.6 Å². The lowest BCUT2D eigenvalue weighted by Gasteiger charge is -2.06. The molecule has 1 amide bonds. The van der Waals surface area contributed by atoms with Crippen molar-refractivity contribution in [3.05, 3.63) is 78.1 Å². The monoisotopic (exact) mass is 398 g/mol. The molecule has 2 heterocycles. The summed E-state index contributed by atoms with van der Waals surface area (Å²) in [5, 5.41) is 14.1. The molecule has 0 spiro atoms. The number of aryl methyl sites for hydroxylation is 1. The molecule has 2 N–H and O–H groups in total. The quantitative estimate of drug-likeness (QED) is 0.402. The first-order valence-electron chi connectivity index (χ1n) is 9.63. The molecule has 0 aliphatic heterocycles. The summed E-state index contributed by atoms with van der Waals surface area (Å²) in [4.78, 5) is 17.0. The average Bonchev–Trinajstić information content (AvgIpc) is 3.37. The van der Waals surface area contributed by atoms with Crippen molar-refractivity contribution < 1.29 is 18.7 Å². The summed E-state index contributed by atoms with van der Waals surface area (Å²) in [7, 11) is 0. The number of aromatic nitrogens is 1. The van der Waals surface area contributed by atoms with Crippen molar-refractivity contribution in [2.24, 2.45) is 0 Å². The summed E-state index contributed by atoms with van der Waals surface area (Å²) < 4.78 is 11.4. The standard InChI is InChI=1S/C24H18N2O4/c1-2-14-7-10-21-18(11-14)26-24(30-21)17-9-8-16(13-19(17)27)25-23(28)22-12-15-5-3-4-6-20(15)29-22/h3-13,27H,2H2,1H3,(H,25,28). The van der Waals surface area contributed by atoms with Crippen molar-refractivity contribution in [3.63, 3.8) is 0 Å². The number of aromatic hydroxyl groups is 1. The number of oxazole rings is 1. The zero-order chi connectivity index (χ0) is 20.7. The van der Waals surface area contributed by atoms with Gasteiger partial charge in [0.15, 0.2) is 11.3 Å². The van der Waals surface area contributed by atoms with Crippen LogP contribution in [-0.2, 0) is 6.42 Å². The number of phenols is 1. The highest BCUT2D eigenvalue weighted by Crippen LogP contribution is 2.33. The van der Waals surface area contributed by atoms with Crippen LogP contribution in [0.25, 0.3) is 33.5 Å². The Morgan fingerprint density at radius 1 is 1.00 bits per heavy atom. The number of carbonyl (C=O) groups is 1. The summed E-state index contributed by atoms with van der Waals surface area (Å²) in [6, 6.07) is 19.7. The van der Waals surface area contributed by atoms with Gasteiger partial charge in [0.1, 0.15) is 16.8 Å². The van der Waals surface area contributed by atoms with Crippen LogP contribution in [0.3, 0.4) is 0 Å². The number of hydrogen-bond acceptors (Lipinski definition) is 5. The normalized spacial score (nSPS) is 11.2. The fourth-order valence-corrected chi connectivity index (χ4v) is 3.38. The lowest BCUT2D eigenvalue weighted by atomic mass is 10.1. The third-order valence-corrected chi connectivity index (χ3v) is 5.00. The Morgan fingerprint density at radius 3 is 2.67 bits per heavy atom. The van der Waals surface area contributed by atoms with Crippen LogP contribution in [0.4, 0.5) is 5.69 Å². The second-order valence-corrected chi connectivity index (χ2v) is 7.01. The van der Waals surface area contributed by atoms with Gasteiger partial charge in [0.2, 0.25) is 5.89 Å². The van der Waals surface area contributed by atoms with Crippen molar-refractivity contribution in [1.82, 2.24) is 4.98 Å². The molecule has 0 saturated heterocycles. The fourth-order valence-electron chi connectivity index (χ4n) is 3.38. The lowest BCUT2D eigenvalue weighted by Crippen LogP contribution is -2.10. The number of benzene rings is 3. The van der Waals surface area contributed by atoms with Gasteiger partial charge >= 0.3 is 0 Å². The predicted octanol–water partition coefficient (Wildman–Crippen LogP) is 5.76. The van der Waals surface area contributed by atoms with Crippen molar-refractivity contribution in [2.45, 2.75) is 13.3 Å². The van der Waals surface area contributed by atoms with Crippen molar-refractivity contribution >= 4 is 33.7 Å². The summed E-state index contributed by atoms with van der Waals surface area (Å²) in [5.74, 6) is 0.0864. The predicted molar refractivity (Wildman–Crippen MR) is 115 cm³/mol. The van der Waals surface area contributed by atoms with E-state index >= 15 is 0 Å². The number of carbonyl (C=O) groups excluding carboxylic acids is 1. The average molecular weight is 398 g/mol. The zero-order valence-corrected chi connectivity index (χ0v) is 16.2. The van der Waals surface area contributed by atoms with E-state index in [0.29, 0.717) is 28.3 Å². The van der Waals surface area contributed by atoms with E-state index in [1.54, 1.807) is 24.3 Å². The number of phenolic OH excluding ortho intramolecular Hbond substituents is 1. The van der Waals surface area contributed by atoms with Crippen LogP contribution in [0.5, 0.6) is 5.75 Å². The minimum Gasteiger partial charge on any atom is -0.507 e. The molecule has 0 fully saturated rings. The number of anilines is 1. The minimum atomic E-state index is -0.396. The summed E-state index contributed by atoms with van der Waals surface area (Å²) in [5.41, 5.74) is 4.09. The third kappa shape index (κ3) is 3.18. The number of hydrogen-bond donors (Lipinski definition) is 2. The van der Waals surface area contributed by atoms with Gasteiger partial charge in [-0.1, -0.05) is 31.2 Å². The molecule has 5 rings (SSSR count). The molecule has 0 atom stereocenters. The second-order valence-electron chi connectivity index (χ2n) is 7.01. The molecule has 0 aliphatic carbocycles. The van der Waals surface area contributed by atoms with Crippen molar-refractivity contribution in [1.29, 1.82) is 0 Å². The molecule has 0 saturated carbocycles. The topological polar surface area (TPSA) is 88.5 Å². The first kappa shape index (κ1) is 18.0. The van der Waals surface area contributed by atoms with Crippen LogP contribution in [0.2, 0.25) is 0 Å². The SMILES string of the molecule is CCc1ccc2oc(-c3ccc(NC(=O)c4cc5ccccc5o4)cc3O)nc2c1. The molecule has 0 radical (unpaired) electrons. The van der Waals surface area contributed by atoms with Crippen LogP contribution < -0.4 is 5.32 Å². The van der Waals surface area contributed by atoms with Gasteiger partial charge in [-0.2, -0.15) is 0 Å². The van der Waals surface area contributed by atoms with Gasteiger partial charge in [-0.15, -0.1) is 0 Å². The maximum atomic E-state index is 12.5. The Bertz CT molecular complexity index is 1360. The molecule has 0 bridgehead atoms. The molecule has 6 nitrogen and oxygen atoms in total.